The van der Waals surface area contributed by atoms with Crippen LogP contribution in [0.1, 0.15) is 11.1 Å². The predicted molar refractivity (Wildman–Crippen MR) is 110 cm³/mol. The Morgan fingerprint density at radius 1 is 0.966 bits per heavy atom. The zero-order valence-electron chi connectivity index (χ0n) is 15.8. The average molecular weight is 412 g/mol. The molecule has 3 rings (SSSR count). The second kappa shape index (κ2) is 8.98. The molecule has 3 aromatic rings. The van der Waals surface area contributed by atoms with Crippen molar-refractivity contribution in [3.63, 3.8) is 0 Å². The van der Waals surface area contributed by atoms with Gasteiger partial charge in [-0.25, -0.2) is 12.8 Å². The average Bonchev–Trinajstić information content (AvgIpc) is 2.68. The molecule has 0 radical (unpaired) electrons. The summed E-state index contributed by atoms with van der Waals surface area (Å²) < 4.78 is 41.9. The number of benzene rings is 3. The minimum atomic E-state index is -4.24. The van der Waals surface area contributed by atoms with Crippen LogP contribution >= 0.6 is 0 Å². The molecule has 29 heavy (non-hydrogen) atoms. The molecular formula is C22H21FN2O3S. The van der Waals surface area contributed by atoms with Gasteiger partial charge in [0.25, 0.3) is 0 Å². The van der Waals surface area contributed by atoms with E-state index >= 15 is 0 Å². The van der Waals surface area contributed by atoms with E-state index in [0.717, 1.165) is 23.3 Å². The fraction of sp³-hybridized carbons (Fsp3) is 0.136. The van der Waals surface area contributed by atoms with Crippen molar-refractivity contribution < 1.29 is 17.6 Å². The second-order valence-corrected chi connectivity index (χ2v) is 8.34. The molecule has 0 spiro atoms. The fourth-order valence-electron chi connectivity index (χ4n) is 2.90. The van der Waals surface area contributed by atoms with Gasteiger partial charge in [0.2, 0.25) is 15.9 Å². The smallest absolute Gasteiger partial charge is 0.244 e. The van der Waals surface area contributed by atoms with E-state index < -0.39 is 32.7 Å². The van der Waals surface area contributed by atoms with Gasteiger partial charge in [-0.1, -0.05) is 54.6 Å². The number of sulfonamides is 1. The number of halogens is 1. The lowest BCUT2D eigenvalue weighted by atomic mass is 10.1. The number of aryl methyl sites for hydroxylation is 1. The maximum absolute atomic E-state index is 14.0. The van der Waals surface area contributed by atoms with Crippen molar-refractivity contribution in [3.8, 4) is 0 Å². The molecule has 2 N–H and O–H groups in total. The Morgan fingerprint density at radius 2 is 1.66 bits per heavy atom. The van der Waals surface area contributed by atoms with E-state index in [9.17, 15) is 17.6 Å². The molecule has 5 nitrogen and oxygen atoms in total. The van der Waals surface area contributed by atoms with E-state index in [0.29, 0.717) is 5.69 Å². The van der Waals surface area contributed by atoms with E-state index in [2.05, 4.69) is 10.0 Å². The molecule has 0 aromatic heterocycles. The van der Waals surface area contributed by atoms with Crippen molar-refractivity contribution in [2.24, 2.45) is 0 Å². The number of rotatable bonds is 7. The Kier molecular flexibility index (Phi) is 6.41. The van der Waals surface area contributed by atoms with Crippen LogP contribution in [0.4, 0.5) is 10.1 Å². The SMILES string of the molecule is Cc1cccc(NC(=O)[C@H](Cc2ccccc2)NS(=O)(=O)c2ccccc2F)c1. The highest BCUT2D eigenvalue weighted by atomic mass is 32.2. The highest BCUT2D eigenvalue weighted by Crippen LogP contribution is 2.16. The third kappa shape index (κ3) is 5.49. The normalized spacial score (nSPS) is 12.3. The Hall–Kier alpha value is -3.03. The van der Waals surface area contributed by atoms with Crippen molar-refractivity contribution in [1.82, 2.24) is 4.72 Å². The summed E-state index contributed by atoms with van der Waals surface area (Å²) in [5.41, 5.74) is 2.28. The van der Waals surface area contributed by atoms with Crippen LogP contribution in [-0.2, 0) is 21.2 Å². The molecule has 3 aromatic carbocycles. The first-order chi connectivity index (χ1) is 13.8. The largest absolute Gasteiger partial charge is 0.325 e. The van der Waals surface area contributed by atoms with Crippen molar-refractivity contribution in [1.29, 1.82) is 0 Å². The van der Waals surface area contributed by atoms with Crippen molar-refractivity contribution in [2.45, 2.75) is 24.3 Å². The summed E-state index contributed by atoms with van der Waals surface area (Å²) in [6.45, 7) is 1.89. The monoisotopic (exact) mass is 412 g/mol. The van der Waals surface area contributed by atoms with Gasteiger partial charge >= 0.3 is 0 Å². The van der Waals surface area contributed by atoms with E-state index in [4.69, 9.17) is 0 Å². The van der Waals surface area contributed by atoms with Gasteiger partial charge in [-0.05, 0) is 48.7 Å². The summed E-state index contributed by atoms with van der Waals surface area (Å²) in [4.78, 5) is 12.4. The molecule has 0 aliphatic heterocycles. The second-order valence-electron chi connectivity index (χ2n) is 6.65. The summed E-state index contributed by atoms with van der Waals surface area (Å²) in [6, 6.07) is 20.1. The lowest BCUT2D eigenvalue weighted by Crippen LogP contribution is -2.45. The van der Waals surface area contributed by atoms with Crippen molar-refractivity contribution >= 4 is 21.6 Å². The predicted octanol–water partition coefficient (Wildman–Crippen LogP) is 3.66. The first-order valence-corrected chi connectivity index (χ1v) is 10.5. The number of hydrogen-bond donors (Lipinski definition) is 2. The molecule has 0 aliphatic rings. The summed E-state index contributed by atoms with van der Waals surface area (Å²) in [5, 5.41) is 2.73. The van der Waals surface area contributed by atoms with Crippen LogP contribution in [0.2, 0.25) is 0 Å². The molecule has 0 unspecified atom stereocenters. The number of nitrogens with one attached hydrogen (secondary N) is 2. The Morgan fingerprint density at radius 3 is 2.34 bits per heavy atom. The molecule has 0 heterocycles. The van der Waals surface area contributed by atoms with Gasteiger partial charge in [0.1, 0.15) is 16.8 Å². The Balaban J connectivity index is 1.88. The molecule has 7 heteroatoms. The highest BCUT2D eigenvalue weighted by molar-refractivity contribution is 7.89. The van der Waals surface area contributed by atoms with Gasteiger partial charge in [0.15, 0.2) is 0 Å². The molecule has 0 saturated heterocycles. The summed E-state index contributed by atoms with van der Waals surface area (Å²) >= 11 is 0. The van der Waals surface area contributed by atoms with Gasteiger partial charge in [-0.3, -0.25) is 4.79 Å². The third-order valence-corrected chi connectivity index (χ3v) is 5.81. The maximum atomic E-state index is 14.0. The van der Waals surface area contributed by atoms with Crippen LogP contribution in [0.25, 0.3) is 0 Å². The molecule has 1 atom stereocenters. The fourth-order valence-corrected chi connectivity index (χ4v) is 4.18. The number of carbonyl (C=O) groups excluding carboxylic acids is 1. The first-order valence-electron chi connectivity index (χ1n) is 9.03. The quantitative estimate of drug-likeness (QED) is 0.622. The van der Waals surface area contributed by atoms with E-state index in [-0.39, 0.29) is 6.42 Å². The molecule has 0 saturated carbocycles. The van der Waals surface area contributed by atoms with Crippen LogP contribution in [0.5, 0.6) is 0 Å². The summed E-state index contributed by atoms with van der Waals surface area (Å²) in [5.74, 6) is -1.41. The van der Waals surface area contributed by atoms with E-state index in [1.54, 1.807) is 42.5 Å². The van der Waals surface area contributed by atoms with E-state index in [1.165, 1.54) is 12.1 Å². The standard InChI is InChI=1S/C22H21FN2O3S/c1-16-8-7-11-18(14-16)24-22(26)20(15-17-9-3-2-4-10-17)25-29(27,28)21-13-6-5-12-19(21)23/h2-14,20,25H,15H2,1H3,(H,24,26)/t20-/m0/s1. The number of carbonyl (C=O) groups is 1. The summed E-state index contributed by atoms with van der Waals surface area (Å²) in [6.07, 6.45) is 0.117. The zero-order valence-corrected chi connectivity index (χ0v) is 16.6. The first kappa shape index (κ1) is 20.7. The minimum Gasteiger partial charge on any atom is -0.325 e. The van der Waals surface area contributed by atoms with Gasteiger partial charge < -0.3 is 5.32 Å². The maximum Gasteiger partial charge on any atom is 0.244 e. The van der Waals surface area contributed by atoms with Gasteiger partial charge in [-0.15, -0.1) is 0 Å². The Bertz CT molecular complexity index is 1100. The lowest BCUT2D eigenvalue weighted by molar-refractivity contribution is -0.117. The number of amides is 1. The zero-order chi connectivity index (χ0) is 20.9. The number of anilines is 1. The van der Waals surface area contributed by atoms with Crippen molar-refractivity contribution in [2.75, 3.05) is 5.32 Å². The molecule has 0 fully saturated rings. The molecule has 1 amide bonds. The van der Waals surface area contributed by atoms with Gasteiger partial charge in [0, 0.05) is 5.69 Å². The van der Waals surface area contributed by atoms with Crippen molar-refractivity contribution in [3.05, 3.63) is 95.8 Å². The minimum absolute atomic E-state index is 0.117. The Labute approximate surface area is 169 Å². The van der Waals surface area contributed by atoms with Crippen LogP contribution in [-0.4, -0.2) is 20.4 Å². The third-order valence-electron chi connectivity index (χ3n) is 4.31. The summed E-state index contributed by atoms with van der Waals surface area (Å²) in [7, 11) is -4.24. The molecule has 0 aliphatic carbocycles. The lowest BCUT2D eigenvalue weighted by Gasteiger charge is -2.19. The van der Waals surface area contributed by atoms with Gasteiger partial charge in [0.05, 0.1) is 0 Å². The van der Waals surface area contributed by atoms with Crippen LogP contribution in [0, 0.1) is 12.7 Å². The van der Waals surface area contributed by atoms with Crippen LogP contribution < -0.4 is 10.0 Å². The van der Waals surface area contributed by atoms with E-state index in [1.807, 2.05) is 19.1 Å². The highest BCUT2D eigenvalue weighted by Gasteiger charge is 2.28. The molecule has 0 bridgehead atoms. The number of hydrogen-bond acceptors (Lipinski definition) is 3. The van der Waals surface area contributed by atoms with Gasteiger partial charge in [-0.2, -0.15) is 4.72 Å². The van der Waals surface area contributed by atoms with Crippen LogP contribution in [0.3, 0.4) is 0 Å². The molecular weight excluding hydrogens is 391 g/mol. The topological polar surface area (TPSA) is 75.3 Å². The molecule has 150 valence electrons. The van der Waals surface area contributed by atoms with Crippen LogP contribution in [0.15, 0.2) is 83.8 Å².